The molecule has 0 aromatic heterocycles. The van der Waals surface area contributed by atoms with E-state index in [1.165, 1.54) is 6.92 Å². The first-order valence-electron chi connectivity index (χ1n) is 10.4. The van der Waals surface area contributed by atoms with E-state index in [1.54, 1.807) is 24.3 Å². The minimum atomic E-state index is -1.93. The Hall–Kier alpha value is -2.83. The van der Waals surface area contributed by atoms with Gasteiger partial charge < -0.3 is 25.6 Å². The minimum Gasteiger partial charge on any atom is -0.480 e. The van der Waals surface area contributed by atoms with E-state index in [1.807, 2.05) is 6.07 Å². The Morgan fingerprint density at radius 2 is 1.72 bits per heavy atom. The summed E-state index contributed by atoms with van der Waals surface area (Å²) in [6, 6.07) is 6.30. The van der Waals surface area contributed by atoms with Crippen molar-refractivity contribution in [1.82, 2.24) is 10.6 Å². The van der Waals surface area contributed by atoms with Gasteiger partial charge in [0.05, 0.1) is 6.10 Å². The van der Waals surface area contributed by atoms with Crippen molar-refractivity contribution in [3.05, 3.63) is 35.9 Å². The number of aliphatic hydroxyl groups is 1. The summed E-state index contributed by atoms with van der Waals surface area (Å²) in [5.41, 5.74) is 3.97. The first-order chi connectivity index (χ1) is 14.7. The standard InChI is InChI=1S/C23H34N2O6Si/c1-16(26)19(25-22(30)31-15-17-11-8-7-9-12-17)20(27)24-18(21(28)29)13-10-14-32(5,6)23(2,3)4/h7-9,11-12,16,18-19,26H,13,15H2,1-6H3,(H,24,27)(H,25,30)(H,28,29)/t16-,18+,19+/m1/s1. The monoisotopic (exact) mass is 462 g/mol. The average Bonchev–Trinajstić information content (AvgIpc) is 2.69. The number of alkyl carbamates (subject to hydrolysis) is 1. The van der Waals surface area contributed by atoms with Crippen LogP contribution in [0.4, 0.5) is 4.79 Å². The zero-order chi connectivity index (χ0) is 24.5. The van der Waals surface area contributed by atoms with Crippen LogP contribution in [0.25, 0.3) is 0 Å². The third-order valence-electron chi connectivity index (χ3n) is 5.45. The third kappa shape index (κ3) is 8.73. The van der Waals surface area contributed by atoms with Crippen LogP contribution in [0.2, 0.25) is 18.1 Å². The number of carboxylic acids is 1. The molecule has 0 aliphatic rings. The summed E-state index contributed by atoms with van der Waals surface area (Å²) in [6.07, 6.45) is -2.26. The van der Waals surface area contributed by atoms with Crippen molar-refractivity contribution in [3.63, 3.8) is 0 Å². The highest BCUT2D eigenvalue weighted by atomic mass is 28.3. The fourth-order valence-corrected chi connectivity index (χ4v) is 3.24. The molecule has 0 heterocycles. The molecule has 4 N–H and O–H groups in total. The maximum atomic E-state index is 12.6. The van der Waals surface area contributed by atoms with Crippen molar-refractivity contribution in [3.8, 4) is 11.5 Å². The number of carbonyl (C=O) groups excluding carboxylic acids is 2. The van der Waals surface area contributed by atoms with Gasteiger partial charge >= 0.3 is 12.1 Å². The number of ether oxygens (including phenoxy) is 1. The van der Waals surface area contributed by atoms with Crippen molar-refractivity contribution in [1.29, 1.82) is 0 Å². The minimum absolute atomic E-state index is 0.0123. The molecule has 0 saturated carbocycles. The highest BCUT2D eigenvalue weighted by Gasteiger charge is 2.34. The number of amides is 2. The van der Waals surface area contributed by atoms with E-state index in [0.29, 0.717) is 0 Å². The van der Waals surface area contributed by atoms with Crippen LogP contribution < -0.4 is 10.6 Å². The zero-order valence-electron chi connectivity index (χ0n) is 19.6. The number of carboxylic acid groups (broad SMARTS) is 1. The molecule has 0 aliphatic carbocycles. The van der Waals surface area contributed by atoms with Gasteiger partial charge in [-0.3, -0.25) is 4.79 Å². The van der Waals surface area contributed by atoms with Gasteiger partial charge in [-0.05, 0) is 17.5 Å². The third-order valence-corrected chi connectivity index (χ3v) is 10.00. The summed E-state index contributed by atoms with van der Waals surface area (Å²) in [7, 11) is -1.93. The Morgan fingerprint density at radius 1 is 1.12 bits per heavy atom. The summed E-state index contributed by atoms with van der Waals surface area (Å²) in [5, 5.41) is 24.1. The van der Waals surface area contributed by atoms with E-state index in [4.69, 9.17) is 4.74 Å². The van der Waals surface area contributed by atoms with Gasteiger partial charge in [0.1, 0.15) is 26.8 Å². The predicted molar refractivity (Wildman–Crippen MR) is 124 cm³/mol. The molecule has 9 heteroatoms. The molecule has 0 saturated heterocycles. The second kappa shape index (κ2) is 11.7. The second-order valence-electron chi connectivity index (χ2n) is 9.20. The van der Waals surface area contributed by atoms with Crippen molar-refractivity contribution in [2.45, 2.75) is 77.0 Å². The number of nitrogens with one attached hydrogen (secondary N) is 2. The van der Waals surface area contributed by atoms with E-state index in [9.17, 15) is 24.6 Å². The Bertz CT molecular complexity index is 853. The largest absolute Gasteiger partial charge is 0.480 e. The lowest BCUT2D eigenvalue weighted by Gasteiger charge is -2.31. The van der Waals surface area contributed by atoms with Gasteiger partial charge in [0, 0.05) is 6.42 Å². The van der Waals surface area contributed by atoms with Gasteiger partial charge in [0.15, 0.2) is 0 Å². The van der Waals surface area contributed by atoms with Crippen LogP contribution >= 0.6 is 0 Å². The van der Waals surface area contributed by atoms with Crippen LogP contribution in [0.5, 0.6) is 0 Å². The quantitative estimate of drug-likeness (QED) is 0.348. The van der Waals surface area contributed by atoms with Gasteiger partial charge in [-0.2, -0.15) is 0 Å². The Balaban J connectivity index is 2.77. The van der Waals surface area contributed by atoms with Crippen LogP contribution in [-0.4, -0.2) is 54.4 Å². The second-order valence-corrected chi connectivity index (χ2v) is 14.2. The Kier molecular flexibility index (Phi) is 9.94. The maximum absolute atomic E-state index is 12.6. The van der Waals surface area contributed by atoms with E-state index >= 15 is 0 Å². The fraction of sp³-hybridized carbons (Fsp3) is 0.522. The zero-order valence-corrected chi connectivity index (χ0v) is 20.6. The maximum Gasteiger partial charge on any atom is 0.408 e. The molecule has 2 amide bonds. The predicted octanol–water partition coefficient (Wildman–Crippen LogP) is 2.67. The lowest BCUT2D eigenvalue weighted by molar-refractivity contribution is -0.142. The lowest BCUT2D eigenvalue weighted by Crippen LogP contribution is -2.55. The molecule has 32 heavy (non-hydrogen) atoms. The van der Waals surface area contributed by atoms with Crippen LogP contribution in [0, 0.1) is 11.5 Å². The number of hydrogen-bond acceptors (Lipinski definition) is 5. The molecular formula is C23H34N2O6Si. The first-order valence-corrected chi connectivity index (χ1v) is 13.4. The topological polar surface area (TPSA) is 125 Å². The highest BCUT2D eigenvalue weighted by molar-refractivity contribution is 6.87. The summed E-state index contributed by atoms with van der Waals surface area (Å²) in [4.78, 5) is 36.3. The van der Waals surface area contributed by atoms with E-state index < -0.39 is 44.2 Å². The van der Waals surface area contributed by atoms with Gasteiger partial charge in [-0.1, -0.05) is 64.2 Å². The molecular weight excluding hydrogens is 428 g/mol. The molecule has 0 aliphatic heterocycles. The smallest absolute Gasteiger partial charge is 0.408 e. The number of hydrogen-bond donors (Lipinski definition) is 4. The van der Waals surface area contributed by atoms with E-state index in [0.717, 1.165) is 5.56 Å². The van der Waals surface area contributed by atoms with Gasteiger partial charge in [0.25, 0.3) is 0 Å². The Labute approximate surface area is 190 Å². The van der Waals surface area contributed by atoms with Crippen LogP contribution in [0.1, 0.15) is 39.7 Å². The highest BCUT2D eigenvalue weighted by Crippen LogP contribution is 2.35. The van der Waals surface area contributed by atoms with Crippen molar-refractivity contribution in [2.75, 3.05) is 0 Å². The molecule has 0 fully saturated rings. The summed E-state index contributed by atoms with van der Waals surface area (Å²) in [5.74, 6) is 0.822. The average molecular weight is 463 g/mol. The van der Waals surface area contributed by atoms with Crippen LogP contribution in [-0.2, 0) is 20.9 Å². The molecule has 176 valence electrons. The SMILES string of the molecule is C[C@@H](O)[C@H](NC(=O)OCc1ccccc1)C(=O)N[C@@H](CC#C[Si](C)(C)C(C)(C)C)C(=O)O. The number of aliphatic carboxylic acids is 1. The molecule has 0 unspecified atom stereocenters. The first kappa shape index (κ1) is 27.2. The lowest BCUT2D eigenvalue weighted by atomic mass is 10.1. The van der Waals surface area contributed by atoms with Crippen LogP contribution in [0.3, 0.4) is 0 Å². The van der Waals surface area contributed by atoms with Gasteiger partial charge in [0.2, 0.25) is 5.91 Å². The van der Waals surface area contributed by atoms with Crippen molar-refractivity contribution < 1.29 is 29.3 Å². The Morgan fingerprint density at radius 3 is 2.22 bits per heavy atom. The summed E-state index contributed by atoms with van der Waals surface area (Å²) in [6.45, 7) is 11.8. The molecule has 1 aromatic carbocycles. The van der Waals surface area contributed by atoms with Gasteiger partial charge in [-0.25, -0.2) is 9.59 Å². The number of rotatable bonds is 8. The molecule has 1 aromatic rings. The van der Waals surface area contributed by atoms with Gasteiger partial charge in [-0.15, -0.1) is 11.5 Å². The van der Waals surface area contributed by atoms with E-state index in [-0.39, 0.29) is 18.1 Å². The van der Waals surface area contributed by atoms with Crippen LogP contribution in [0.15, 0.2) is 30.3 Å². The fourth-order valence-electron chi connectivity index (χ4n) is 2.32. The summed E-state index contributed by atoms with van der Waals surface area (Å²) < 4.78 is 5.07. The molecule has 8 nitrogen and oxygen atoms in total. The molecule has 0 radical (unpaired) electrons. The number of benzene rings is 1. The number of aliphatic hydroxyl groups excluding tert-OH is 1. The molecule has 1 rings (SSSR count). The van der Waals surface area contributed by atoms with Crippen molar-refractivity contribution in [2.24, 2.45) is 0 Å². The van der Waals surface area contributed by atoms with E-state index in [2.05, 4.69) is 56.0 Å². The molecule has 0 bridgehead atoms. The number of carbonyl (C=O) groups is 3. The van der Waals surface area contributed by atoms with Crippen molar-refractivity contribution >= 4 is 26.0 Å². The molecule has 3 atom stereocenters. The molecule has 0 spiro atoms. The normalized spacial score (nSPS) is 14.2. The summed E-state index contributed by atoms with van der Waals surface area (Å²) >= 11 is 0.